The number of benzene rings is 11. The van der Waals surface area contributed by atoms with Gasteiger partial charge in [-0.3, -0.25) is 0 Å². The molecule has 0 bridgehead atoms. The third-order valence-electron chi connectivity index (χ3n) is 13.2. The molecule has 0 saturated carbocycles. The molecule has 0 amide bonds. The van der Waals surface area contributed by atoms with E-state index < -0.39 is 0 Å². The van der Waals surface area contributed by atoms with E-state index in [1.807, 2.05) is 22.7 Å². The highest BCUT2D eigenvalue weighted by molar-refractivity contribution is 7.26. The molecule has 0 fully saturated rings. The quantitative estimate of drug-likeness (QED) is 0.142. The van der Waals surface area contributed by atoms with Gasteiger partial charge in [0, 0.05) is 85.3 Å². The van der Waals surface area contributed by atoms with E-state index in [-0.39, 0.29) is 0 Å². The molecule has 2 nitrogen and oxygen atoms in total. The van der Waals surface area contributed by atoms with Crippen LogP contribution in [0.4, 0.5) is 34.1 Å². The highest BCUT2D eigenvalue weighted by Gasteiger charge is 2.22. The zero-order valence-electron chi connectivity index (χ0n) is 37.0. The molecule has 13 rings (SSSR count). The smallest absolute Gasteiger partial charge is 0.0540 e. The Morgan fingerprint density at radius 3 is 1.24 bits per heavy atom. The van der Waals surface area contributed by atoms with Crippen molar-refractivity contribution < 1.29 is 0 Å². The van der Waals surface area contributed by atoms with Crippen molar-refractivity contribution in [1.29, 1.82) is 0 Å². The molecular formula is C64H42N2S2. The zero-order chi connectivity index (χ0) is 45.0. The summed E-state index contributed by atoms with van der Waals surface area (Å²) in [6.45, 7) is 0. The lowest BCUT2D eigenvalue weighted by Crippen LogP contribution is -2.10. The first-order valence-corrected chi connectivity index (χ1v) is 24.7. The molecule has 0 N–H and O–H groups in total. The highest BCUT2D eigenvalue weighted by atomic mass is 32.1. The molecule has 11 aromatic carbocycles. The molecule has 0 unspecified atom stereocenters. The minimum absolute atomic E-state index is 1.11. The van der Waals surface area contributed by atoms with Gasteiger partial charge in [0.1, 0.15) is 0 Å². The second-order valence-corrected chi connectivity index (χ2v) is 19.4. The van der Waals surface area contributed by atoms with E-state index in [1.54, 1.807) is 0 Å². The standard InChI is InChI=1S/C64H42N2S2/c1-4-17-43(18-5-1)44-35-37-50(38-36-44)65(48-21-6-2-7-22-48)51-39-56(63-58(41-51)54-26-12-14-29-61(54)67-63)46-31-33-47(34-32-46)57-40-52(42-59-55-27-13-15-30-62(55)68-64(57)59)66(49-23-8-3-9-24-49)60-28-16-20-45-19-10-11-25-53(45)60/h1-42H. The van der Waals surface area contributed by atoms with Crippen molar-refractivity contribution in [2.75, 3.05) is 9.80 Å². The Morgan fingerprint density at radius 1 is 0.250 bits per heavy atom. The van der Waals surface area contributed by atoms with Gasteiger partial charge in [0.15, 0.2) is 0 Å². The third-order valence-corrected chi connectivity index (χ3v) is 15.7. The van der Waals surface area contributed by atoms with Gasteiger partial charge in [0.2, 0.25) is 0 Å². The summed E-state index contributed by atoms with van der Waals surface area (Å²) in [6.07, 6.45) is 0. The lowest BCUT2D eigenvalue weighted by molar-refractivity contribution is 1.29. The van der Waals surface area contributed by atoms with Crippen molar-refractivity contribution in [3.63, 3.8) is 0 Å². The molecule has 0 spiro atoms. The predicted octanol–water partition coefficient (Wildman–Crippen LogP) is 19.5. The van der Waals surface area contributed by atoms with E-state index in [9.17, 15) is 0 Å². The van der Waals surface area contributed by atoms with Gasteiger partial charge in [0.25, 0.3) is 0 Å². The fourth-order valence-electron chi connectivity index (χ4n) is 10.0. The number of fused-ring (bicyclic) bond motifs is 7. The van der Waals surface area contributed by atoms with Crippen LogP contribution in [0, 0.1) is 0 Å². The van der Waals surface area contributed by atoms with E-state index in [0.717, 1.165) is 34.1 Å². The van der Waals surface area contributed by atoms with Gasteiger partial charge >= 0.3 is 0 Å². The second kappa shape index (κ2) is 16.9. The van der Waals surface area contributed by atoms with Crippen molar-refractivity contribution in [3.05, 3.63) is 255 Å². The summed E-state index contributed by atoms with van der Waals surface area (Å²) >= 11 is 3.76. The van der Waals surface area contributed by atoms with Crippen LogP contribution < -0.4 is 9.80 Å². The summed E-state index contributed by atoms with van der Waals surface area (Å²) in [5.74, 6) is 0. The maximum atomic E-state index is 2.43. The topological polar surface area (TPSA) is 6.48 Å². The Kier molecular flexibility index (Phi) is 9.93. The van der Waals surface area contributed by atoms with Crippen LogP contribution in [0.25, 0.3) is 84.5 Å². The van der Waals surface area contributed by atoms with Crippen LogP contribution in [0.3, 0.4) is 0 Å². The fourth-order valence-corrected chi connectivity index (χ4v) is 12.4. The number of hydrogen-bond donors (Lipinski definition) is 0. The lowest BCUT2D eigenvalue weighted by Gasteiger charge is -2.27. The molecule has 0 saturated heterocycles. The van der Waals surface area contributed by atoms with Gasteiger partial charge in [-0.2, -0.15) is 0 Å². The van der Waals surface area contributed by atoms with Crippen LogP contribution in [0.15, 0.2) is 255 Å². The summed E-state index contributed by atoms with van der Waals surface area (Å²) in [7, 11) is 0. The minimum Gasteiger partial charge on any atom is -0.310 e. The number of hydrogen-bond acceptors (Lipinski definition) is 4. The average molecular weight is 903 g/mol. The first kappa shape index (κ1) is 40.0. The van der Waals surface area contributed by atoms with Crippen molar-refractivity contribution in [2.45, 2.75) is 0 Å². The average Bonchev–Trinajstić information content (AvgIpc) is 3.98. The second-order valence-electron chi connectivity index (χ2n) is 17.3. The Balaban J connectivity index is 0.984. The van der Waals surface area contributed by atoms with Gasteiger partial charge in [-0.05, 0) is 107 Å². The number of nitrogens with zero attached hydrogens (tertiary/aromatic N) is 2. The van der Waals surface area contributed by atoms with Gasteiger partial charge in [-0.1, -0.05) is 176 Å². The van der Waals surface area contributed by atoms with E-state index >= 15 is 0 Å². The lowest BCUT2D eigenvalue weighted by atomic mass is 9.96. The molecular weight excluding hydrogens is 861 g/mol. The van der Waals surface area contributed by atoms with Crippen LogP contribution in [0.5, 0.6) is 0 Å². The van der Waals surface area contributed by atoms with Gasteiger partial charge in [-0.15, -0.1) is 22.7 Å². The van der Waals surface area contributed by atoms with Gasteiger partial charge < -0.3 is 9.80 Å². The SMILES string of the molecule is c1ccc(-c2ccc(N(c3ccccc3)c3cc(-c4ccc(-c5cc(N(c6ccccc6)c6cccc7ccccc67)cc6c5sc5ccccc56)cc4)c4sc5ccccc5c4c3)cc2)cc1. The zero-order valence-corrected chi connectivity index (χ0v) is 38.6. The molecule has 4 heteroatoms. The summed E-state index contributed by atoms with van der Waals surface area (Å²) in [4.78, 5) is 4.83. The van der Waals surface area contributed by atoms with E-state index in [0.29, 0.717) is 0 Å². The van der Waals surface area contributed by atoms with Crippen LogP contribution in [0.1, 0.15) is 0 Å². The first-order chi connectivity index (χ1) is 33.7. The van der Waals surface area contributed by atoms with E-state index in [1.165, 1.54) is 84.5 Å². The molecule has 2 heterocycles. The molecule has 0 radical (unpaired) electrons. The Bertz CT molecular complexity index is 3950. The summed E-state index contributed by atoms with van der Waals surface area (Å²) < 4.78 is 5.15. The minimum atomic E-state index is 1.11. The van der Waals surface area contributed by atoms with E-state index in [2.05, 4.69) is 265 Å². The predicted molar refractivity (Wildman–Crippen MR) is 295 cm³/mol. The molecule has 2 aromatic heterocycles. The van der Waals surface area contributed by atoms with Crippen molar-refractivity contribution >= 4 is 108 Å². The normalized spacial score (nSPS) is 11.5. The van der Waals surface area contributed by atoms with Gasteiger partial charge in [0.05, 0.1) is 5.69 Å². The fraction of sp³-hybridized carbons (Fsp3) is 0. The summed E-state index contributed by atoms with van der Waals surface area (Å²) in [5, 5.41) is 7.51. The van der Waals surface area contributed by atoms with Crippen molar-refractivity contribution in [3.8, 4) is 33.4 Å². The molecule has 0 aliphatic heterocycles. The van der Waals surface area contributed by atoms with Crippen LogP contribution in [-0.2, 0) is 0 Å². The van der Waals surface area contributed by atoms with E-state index in [4.69, 9.17) is 0 Å². The largest absolute Gasteiger partial charge is 0.310 e. The molecule has 320 valence electrons. The molecule has 0 aliphatic rings. The Hall–Kier alpha value is -8.28. The summed E-state index contributed by atoms with van der Waals surface area (Å²) in [6, 6.07) is 93.1. The van der Waals surface area contributed by atoms with Crippen molar-refractivity contribution in [2.24, 2.45) is 0 Å². The number of rotatable bonds is 9. The third kappa shape index (κ3) is 7.01. The number of para-hydroxylation sites is 2. The van der Waals surface area contributed by atoms with Gasteiger partial charge in [-0.25, -0.2) is 0 Å². The van der Waals surface area contributed by atoms with Crippen LogP contribution in [-0.4, -0.2) is 0 Å². The summed E-state index contributed by atoms with van der Waals surface area (Å²) in [5.41, 5.74) is 14.0. The molecule has 13 aromatic rings. The molecule has 0 aliphatic carbocycles. The van der Waals surface area contributed by atoms with Crippen LogP contribution in [0.2, 0.25) is 0 Å². The monoisotopic (exact) mass is 902 g/mol. The Morgan fingerprint density at radius 2 is 0.662 bits per heavy atom. The maximum Gasteiger partial charge on any atom is 0.0540 e. The molecule has 68 heavy (non-hydrogen) atoms. The van der Waals surface area contributed by atoms with Crippen molar-refractivity contribution in [1.82, 2.24) is 0 Å². The number of anilines is 6. The Labute approximate surface area is 403 Å². The number of thiophene rings is 2. The highest BCUT2D eigenvalue weighted by Crippen LogP contribution is 2.49. The first-order valence-electron chi connectivity index (χ1n) is 23.1. The van der Waals surface area contributed by atoms with Crippen LogP contribution >= 0.6 is 22.7 Å². The maximum absolute atomic E-state index is 2.43. The molecule has 0 atom stereocenters.